The standard InChI is InChI=1S/C17H24N4O7S/c1-17(15(23)19-16(24)20-17)12-9-11(5-6-13(12)28-4)29(25,26)21(2)10-14(22)18-7-8-27-3/h5-6,9H,7-8,10H2,1-4H3,(H,18,22)(H2,19,20,23,24). The van der Waals surface area contributed by atoms with E-state index in [2.05, 4.69) is 16.0 Å². The molecular formula is C17H24N4O7S. The van der Waals surface area contributed by atoms with Crippen LogP contribution in [0.5, 0.6) is 5.75 Å². The van der Waals surface area contributed by atoms with E-state index in [0.717, 1.165) is 4.31 Å². The summed E-state index contributed by atoms with van der Waals surface area (Å²) in [6, 6.07) is 3.24. The predicted octanol–water partition coefficient (Wildman–Crippen LogP) is -0.867. The average Bonchev–Trinajstić information content (AvgIpc) is 2.93. The van der Waals surface area contributed by atoms with Crippen molar-refractivity contribution in [3.05, 3.63) is 23.8 Å². The monoisotopic (exact) mass is 428 g/mol. The van der Waals surface area contributed by atoms with Gasteiger partial charge in [0, 0.05) is 26.3 Å². The number of carbonyl (C=O) groups excluding carboxylic acids is 3. The lowest BCUT2D eigenvalue weighted by Gasteiger charge is -2.25. The molecule has 0 aromatic heterocycles. The van der Waals surface area contributed by atoms with E-state index < -0.39 is 40.0 Å². The molecule has 1 aromatic rings. The maximum Gasteiger partial charge on any atom is 0.322 e. The lowest BCUT2D eigenvalue weighted by molar-refractivity contribution is -0.123. The molecule has 0 saturated carbocycles. The van der Waals surface area contributed by atoms with Crippen molar-refractivity contribution in [2.75, 3.05) is 41.0 Å². The molecule has 1 aliphatic rings. The third-order valence-corrected chi connectivity index (χ3v) is 6.26. The maximum atomic E-state index is 12.9. The number of methoxy groups -OCH3 is 2. The van der Waals surface area contributed by atoms with E-state index in [1.54, 1.807) is 0 Å². The second kappa shape index (κ2) is 8.76. The average molecular weight is 428 g/mol. The summed E-state index contributed by atoms with van der Waals surface area (Å²) in [5.41, 5.74) is -1.34. The number of hydrogen-bond acceptors (Lipinski definition) is 7. The van der Waals surface area contributed by atoms with Gasteiger partial charge in [0.15, 0.2) is 0 Å². The fourth-order valence-corrected chi connectivity index (χ4v) is 3.94. The Morgan fingerprint density at radius 2 is 1.97 bits per heavy atom. The number of benzene rings is 1. The van der Waals surface area contributed by atoms with E-state index in [-0.39, 0.29) is 22.8 Å². The SMILES string of the molecule is COCCNC(=O)CN(C)S(=O)(=O)c1ccc(OC)c(C2(C)NC(=O)NC2=O)c1. The van der Waals surface area contributed by atoms with Gasteiger partial charge in [-0.15, -0.1) is 0 Å². The molecule has 1 aliphatic heterocycles. The number of rotatable bonds is 9. The number of hydrogen-bond donors (Lipinski definition) is 3. The minimum Gasteiger partial charge on any atom is -0.496 e. The Labute approximate surface area is 168 Å². The molecule has 0 aliphatic carbocycles. The number of sulfonamides is 1. The molecular weight excluding hydrogens is 404 g/mol. The predicted molar refractivity (Wildman–Crippen MR) is 102 cm³/mol. The zero-order valence-electron chi connectivity index (χ0n) is 16.6. The van der Waals surface area contributed by atoms with Crippen molar-refractivity contribution in [1.82, 2.24) is 20.3 Å². The molecule has 1 heterocycles. The normalized spacial score (nSPS) is 19.1. The van der Waals surface area contributed by atoms with E-state index in [0.29, 0.717) is 6.61 Å². The summed E-state index contributed by atoms with van der Waals surface area (Å²) in [5.74, 6) is -0.902. The van der Waals surface area contributed by atoms with Crippen LogP contribution in [0.2, 0.25) is 0 Å². The van der Waals surface area contributed by atoms with Gasteiger partial charge in [-0.05, 0) is 25.1 Å². The number of ether oxygens (including phenoxy) is 2. The lowest BCUT2D eigenvalue weighted by Crippen LogP contribution is -2.41. The molecule has 29 heavy (non-hydrogen) atoms. The zero-order valence-corrected chi connectivity index (χ0v) is 17.4. The fraction of sp³-hybridized carbons (Fsp3) is 0.471. The van der Waals surface area contributed by atoms with Gasteiger partial charge in [-0.3, -0.25) is 14.9 Å². The summed E-state index contributed by atoms with van der Waals surface area (Å²) >= 11 is 0. The van der Waals surface area contributed by atoms with Gasteiger partial charge < -0.3 is 20.1 Å². The molecule has 2 rings (SSSR count). The van der Waals surface area contributed by atoms with E-state index in [9.17, 15) is 22.8 Å². The fourth-order valence-electron chi connectivity index (χ4n) is 2.79. The molecule has 0 bridgehead atoms. The number of nitrogens with zero attached hydrogens (tertiary/aromatic N) is 1. The van der Waals surface area contributed by atoms with Crippen LogP contribution in [-0.4, -0.2) is 71.5 Å². The first kappa shape index (κ1) is 22.6. The third kappa shape index (κ3) is 4.66. The van der Waals surface area contributed by atoms with Crippen LogP contribution in [0.1, 0.15) is 12.5 Å². The van der Waals surface area contributed by atoms with Crippen molar-refractivity contribution in [3.8, 4) is 5.75 Å². The lowest BCUT2D eigenvalue weighted by atomic mass is 9.91. The van der Waals surface area contributed by atoms with E-state index in [1.165, 1.54) is 46.4 Å². The first-order chi connectivity index (χ1) is 13.6. The van der Waals surface area contributed by atoms with Crippen molar-refractivity contribution in [2.45, 2.75) is 17.4 Å². The quantitative estimate of drug-likeness (QED) is 0.343. The number of amides is 4. The third-order valence-electron chi connectivity index (χ3n) is 4.46. The van der Waals surface area contributed by atoms with Gasteiger partial charge >= 0.3 is 6.03 Å². The van der Waals surface area contributed by atoms with E-state index >= 15 is 0 Å². The topological polar surface area (TPSA) is 143 Å². The summed E-state index contributed by atoms with van der Waals surface area (Å²) in [5, 5.41) is 7.14. The largest absolute Gasteiger partial charge is 0.496 e. The molecule has 0 spiro atoms. The van der Waals surface area contributed by atoms with Crippen LogP contribution in [0, 0.1) is 0 Å². The van der Waals surface area contributed by atoms with E-state index in [1.807, 2.05) is 0 Å². The van der Waals surface area contributed by atoms with Gasteiger partial charge in [-0.25, -0.2) is 13.2 Å². The van der Waals surface area contributed by atoms with Crippen molar-refractivity contribution < 1.29 is 32.3 Å². The van der Waals surface area contributed by atoms with Crippen molar-refractivity contribution in [3.63, 3.8) is 0 Å². The molecule has 1 fully saturated rings. The van der Waals surface area contributed by atoms with E-state index in [4.69, 9.17) is 9.47 Å². The highest BCUT2D eigenvalue weighted by Crippen LogP contribution is 2.34. The highest BCUT2D eigenvalue weighted by molar-refractivity contribution is 7.89. The highest BCUT2D eigenvalue weighted by Gasteiger charge is 2.45. The smallest absolute Gasteiger partial charge is 0.322 e. The van der Waals surface area contributed by atoms with Gasteiger partial charge in [0.25, 0.3) is 5.91 Å². The Kier molecular flexibility index (Phi) is 6.82. The molecule has 0 radical (unpaired) electrons. The molecule has 1 unspecified atom stereocenters. The van der Waals surface area contributed by atoms with Crippen molar-refractivity contribution in [2.24, 2.45) is 0 Å². The van der Waals surface area contributed by atoms with Crippen LogP contribution in [0.4, 0.5) is 4.79 Å². The molecule has 1 saturated heterocycles. The summed E-state index contributed by atoms with van der Waals surface area (Å²) in [7, 11) is 0.0529. The number of urea groups is 1. The van der Waals surface area contributed by atoms with Crippen LogP contribution in [0.3, 0.4) is 0 Å². The second-order valence-electron chi connectivity index (χ2n) is 6.50. The van der Waals surface area contributed by atoms with Crippen LogP contribution in [0.25, 0.3) is 0 Å². The Balaban J connectivity index is 2.33. The van der Waals surface area contributed by atoms with Crippen molar-refractivity contribution >= 4 is 27.9 Å². The van der Waals surface area contributed by atoms with Gasteiger partial charge in [0.1, 0.15) is 11.3 Å². The van der Waals surface area contributed by atoms with Crippen LogP contribution in [0.15, 0.2) is 23.1 Å². The Hall–Kier alpha value is -2.70. The number of likely N-dealkylation sites (N-methyl/N-ethyl adjacent to an activating group) is 1. The van der Waals surface area contributed by atoms with Crippen LogP contribution in [-0.2, 0) is 29.9 Å². The highest BCUT2D eigenvalue weighted by atomic mass is 32.2. The number of carbonyl (C=O) groups is 3. The Morgan fingerprint density at radius 3 is 2.52 bits per heavy atom. The first-order valence-electron chi connectivity index (χ1n) is 8.60. The molecule has 3 N–H and O–H groups in total. The summed E-state index contributed by atoms with van der Waals surface area (Å²) in [4.78, 5) is 35.6. The number of imide groups is 1. The van der Waals surface area contributed by atoms with Crippen molar-refractivity contribution in [1.29, 1.82) is 0 Å². The molecule has 12 heteroatoms. The second-order valence-corrected chi connectivity index (χ2v) is 8.54. The Bertz CT molecular complexity index is 918. The summed E-state index contributed by atoms with van der Waals surface area (Å²) in [6.45, 7) is 1.59. The van der Waals surface area contributed by atoms with Gasteiger partial charge in [-0.2, -0.15) is 4.31 Å². The molecule has 4 amide bonds. The van der Waals surface area contributed by atoms with Gasteiger partial charge in [-0.1, -0.05) is 0 Å². The molecule has 11 nitrogen and oxygen atoms in total. The maximum absolute atomic E-state index is 12.9. The molecule has 160 valence electrons. The van der Waals surface area contributed by atoms with Gasteiger partial charge in [0.2, 0.25) is 15.9 Å². The minimum atomic E-state index is -4.06. The molecule has 1 atom stereocenters. The van der Waals surface area contributed by atoms with Crippen LogP contribution < -0.4 is 20.7 Å². The summed E-state index contributed by atoms with van der Waals surface area (Å²) < 4.78 is 36.8. The summed E-state index contributed by atoms with van der Waals surface area (Å²) in [6.07, 6.45) is 0. The Morgan fingerprint density at radius 1 is 1.28 bits per heavy atom. The van der Waals surface area contributed by atoms with Crippen LogP contribution >= 0.6 is 0 Å². The molecule has 1 aromatic carbocycles. The minimum absolute atomic E-state index is 0.157. The zero-order chi connectivity index (χ0) is 21.8. The van der Waals surface area contributed by atoms with Gasteiger partial charge in [0.05, 0.1) is 25.2 Å². The number of nitrogens with one attached hydrogen (secondary N) is 3. The first-order valence-corrected chi connectivity index (χ1v) is 10.0.